The molecule has 1 aromatic heterocycles. The highest BCUT2D eigenvalue weighted by Crippen LogP contribution is 2.16. The lowest BCUT2D eigenvalue weighted by molar-refractivity contribution is -0.143. The molecule has 1 aliphatic heterocycles. The van der Waals surface area contributed by atoms with Crippen LogP contribution in [-0.2, 0) is 14.3 Å². The van der Waals surface area contributed by atoms with E-state index in [1.807, 2.05) is 30.5 Å². The van der Waals surface area contributed by atoms with Crippen molar-refractivity contribution in [2.75, 3.05) is 45.4 Å². The zero-order valence-electron chi connectivity index (χ0n) is 17.6. The molecule has 2 aromatic rings. The third kappa shape index (κ3) is 6.59. The number of urea groups is 1. The number of rotatable bonds is 9. The molecule has 0 radical (unpaired) electrons. The van der Waals surface area contributed by atoms with Gasteiger partial charge in [0.1, 0.15) is 37.2 Å². The zero-order chi connectivity index (χ0) is 22.1. The van der Waals surface area contributed by atoms with Crippen molar-refractivity contribution in [2.24, 2.45) is 0 Å². The van der Waals surface area contributed by atoms with Crippen LogP contribution >= 0.6 is 11.8 Å². The number of methoxy groups -OCH3 is 1. The Balaban J connectivity index is 1.49. The standard InChI is InChI=1S/C20H27N5O5S/c1-28-19(26)18(7-10-31-2)23-20(27)24-8-9-29-17(11-24)12-30-16-5-3-15(4-6-16)25-14-21-13-22-25/h3-6,13-14,17-18H,7-12H2,1-2H3,(H,23,27)/t17?,18-/m0/s1. The molecule has 0 spiro atoms. The van der Waals surface area contributed by atoms with Crippen molar-refractivity contribution in [1.82, 2.24) is 25.0 Å². The fourth-order valence-electron chi connectivity index (χ4n) is 3.10. The average Bonchev–Trinajstić information content (AvgIpc) is 3.35. The molecule has 1 aromatic carbocycles. The highest BCUT2D eigenvalue weighted by Gasteiger charge is 2.28. The van der Waals surface area contributed by atoms with E-state index in [0.29, 0.717) is 38.5 Å². The molecule has 31 heavy (non-hydrogen) atoms. The highest BCUT2D eigenvalue weighted by atomic mass is 32.2. The van der Waals surface area contributed by atoms with E-state index in [0.717, 1.165) is 11.4 Å². The molecular weight excluding hydrogens is 422 g/mol. The molecule has 3 rings (SSSR count). The second-order valence-corrected chi connectivity index (χ2v) is 7.88. The van der Waals surface area contributed by atoms with Crippen LogP contribution in [0.15, 0.2) is 36.9 Å². The number of amides is 2. The molecular formula is C20H27N5O5S. The summed E-state index contributed by atoms with van der Waals surface area (Å²) in [5.74, 6) is 0.997. The number of nitrogens with one attached hydrogen (secondary N) is 1. The van der Waals surface area contributed by atoms with Gasteiger partial charge in [-0.05, 0) is 42.7 Å². The molecule has 2 heterocycles. The lowest BCUT2D eigenvalue weighted by Crippen LogP contribution is -2.54. The third-order valence-electron chi connectivity index (χ3n) is 4.78. The van der Waals surface area contributed by atoms with Crippen molar-refractivity contribution in [1.29, 1.82) is 0 Å². The van der Waals surface area contributed by atoms with Crippen LogP contribution in [0.2, 0.25) is 0 Å². The Morgan fingerprint density at radius 1 is 1.35 bits per heavy atom. The monoisotopic (exact) mass is 449 g/mol. The first-order valence-electron chi connectivity index (χ1n) is 9.92. The first kappa shape index (κ1) is 22.9. The highest BCUT2D eigenvalue weighted by molar-refractivity contribution is 7.98. The Morgan fingerprint density at radius 2 is 2.16 bits per heavy atom. The minimum Gasteiger partial charge on any atom is -0.491 e. The molecule has 1 fully saturated rings. The second kappa shape index (κ2) is 11.6. The molecule has 168 valence electrons. The number of hydrogen-bond acceptors (Lipinski definition) is 8. The minimum atomic E-state index is -0.661. The second-order valence-electron chi connectivity index (χ2n) is 6.89. The molecule has 2 atom stereocenters. The van der Waals surface area contributed by atoms with Crippen LogP contribution in [0, 0.1) is 0 Å². The van der Waals surface area contributed by atoms with E-state index in [1.165, 1.54) is 13.4 Å². The summed E-state index contributed by atoms with van der Waals surface area (Å²) in [5.41, 5.74) is 0.878. The normalized spacial score (nSPS) is 17.1. The van der Waals surface area contributed by atoms with Gasteiger partial charge in [-0.2, -0.15) is 16.9 Å². The lowest BCUT2D eigenvalue weighted by atomic mass is 10.2. The fourth-order valence-corrected chi connectivity index (χ4v) is 3.57. The molecule has 0 aliphatic carbocycles. The van der Waals surface area contributed by atoms with E-state index < -0.39 is 12.0 Å². The number of esters is 1. The van der Waals surface area contributed by atoms with Crippen molar-refractivity contribution >= 4 is 23.8 Å². The van der Waals surface area contributed by atoms with Crippen molar-refractivity contribution in [3.63, 3.8) is 0 Å². The first-order chi connectivity index (χ1) is 15.1. The van der Waals surface area contributed by atoms with Gasteiger partial charge in [0, 0.05) is 6.54 Å². The lowest BCUT2D eigenvalue weighted by Gasteiger charge is -2.33. The molecule has 1 saturated heterocycles. The van der Waals surface area contributed by atoms with E-state index in [4.69, 9.17) is 14.2 Å². The number of hydrogen-bond donors (Lipinski definition) is 1. The molecule has 1 aliphatic rings. The van der Waals surface area contributed by atoms with Gasteiger partial charge < -0.3 is 24.4 Å². The van der Waals surface area contributed by atoms with Gasteiger partial charge in [-0.25, -0.2) is 19.3 Å². The molecule has 0 saturated carbocycles. The van der Waals surface area contributed by atoms with Crippen LogP contribution in [0.25, 0.3) is 5.69 Å². The largest absolute Gasteiger partial charge is 0.491 e. The molecule has 11 heteroatoms. The number of carbonyl (C=O) groups excluding carboxylic acids is 2. The van der Waals surface area contributed by atoms with Gasteiger partial charge in [0.2, 0.25) is 0 Å². The smallest absolute Gasteiger partial charge is 0.328 e. The van der Waals surface area contributed by atoms with Crippen LogP contribution in [0.4, 0.5) is 4.79 Å². The van der Waals surface area contributed by atoms with E-state index in [2.05, 4.69) is 15.4 Å². The molecule has 10 nitrogen and oxygen atoms in total. The predicted octanol–water partition coefficient (Wildman–Crippen LogP) is 1.35. The van der Waals surface area contributed by atoms with Crippen LogP contribution in [0.3, 0.4) is 0 Å². The summed E-state index contributed by atoms with van der Waals surface area (Å²) in [5, 5.41) is 6.86. The van der Waals surface area contributed by atoms with Gasteiger partial charge in [-0.15, -0.1) is 0 Å². The number of carbonyl (C=O) groups is 2. The summed E-state index contributed by atoms with van der Waals surface area (Å²) in [7, 11) is 1.32. The number of benzene rings is 1. The first-order valence-corrected chi connectivity index (χ1v) is 11.3. The predicted molar refractivity (Wildman–Crippen MR) is 116 cm³/mol. The summed E-state index contributed by atoms with van der Waals surface area (Å²) in [6.45, 7) is 1.53. The maximum atomic E-state index is 12.7. The van der Waals surface area contributed by atoms with Crippen LogP contribution in [-0.4, -0.2) is 89.2 Å². The molecule has 1 N–H and O–H groups in total. The summed E-state index contributed by atoms with van der Waals surface area (Å²) >= 11 is 1.61. The van der Waals surface area contributed by atoms with E-state index in [1.54, 1.807) is 27.7 Å². The van der Waals surface area contributed by atoms with Crippen LogP contribution < -0.4 is 10.1 Å². The van der Waals surface area contributed by atoms with E-state index in [-0.39, 0.29) is 12.1 Å². The minimum absolute atomic E-state index is 0.266. The molecule has 1 unspecified atom stereocenters. The molecule has 0 bridgehead atoms. The maximum absolute atomic E-state index is 12.7. The number of thioether (sulfide) groups is 1. The van der Waals surface area contributed by atoms with E-state index >= 15 is 0 Å². The van der Waals surface area contributed by atoms with E-state index in [9.17, 15) is 9.59 Å². The maximum Gasteiger partial charge on any atom is 0.328 e. The summed E-state index contributed by atoms with van der Waals surface area (Å²) in [6, 6.07) is 6.49. The number of nitrogens with zero attached hydrogens (tertiary/aromatic N) is 4. The SMILES string of the molecule is COC(=O)[C@H](CCSC)NC(=O)N1CCOC(COc2ccc(-n3cncn3)cc2)C1. The zero-order valence-corrected chi connectivity index (χ0v) is 18.4. The quantitative estimate of drug-likeness (QED) is 0.572. The number of aromatic nitrogens is 3. The summed E-state index contributed by atoms with van der Waals surface area (Å²) < 4.78 is 18.0. The summed E-state index contributed by atoms with van der Waals surface area (Å²) in [4.78, 5) is 30.2. The fraction of sp³-hybridized carbons (Fsp3) is 0.500. The summed E-state index contributed by atoms with van der Waals surface area (Å²) in [6.07, 6.45) is 5.30. The van der Waals surface area contributed by atoms with Crippen molar-refractivity contribution < 1.29 is 23.8 Å². The van der Waals surface area contributed by atoms with Gasteiger partial charge in [-0.1, -0.05) is 0 Å². The van der Waals surface area contributed by atoms with Gasteiger partial charge in [0.05, 0.1) is 25.9 Å². The Hall–Kier alpha value is -2.79. The third-order valence-corrected chi connectivity index (χ3v) is 5.42. The Kier molecular flexibility index (Phi) is 8.53. The Labute approximate surface area is 185 Å². The van der Waals surface area contributed by atoms with Gasteiger partial charge in [-0.3, -0.25) is 0 Å². The van der Waals surface area contributed by atoms with Crippen LogP contribution in [0.5, 0.6) is 5.75 Å². The van der Waals surface area contributed by atoms with Gasteiger partial charge >= 0.3 is 12.0 Å². The number of ether oxygens (including phenoxy) is 3. The van der Waals surface area contributed by atoms with Crippen molar-refractivity contribution in [3.05, 3.63) is 36.9 Å². The topological polar surface area (TPSA) is 108 Å². The van der Waals surface area contributed by atoms with Crippen molar-refractivity contribution in [3.8, 4) is 11.4 Å². The Bertz CT molecular complexity index is 833. The van der Waals surface area contributed by atoms with Gasteiger partial charge in [0.25, 0.3) is 0 Å². The number of morpholine rings is 1. The Morgan fingerprint density at radius 3 is 2.84 bits per heavy atom. The molecule has 2 amide bonds. The van der Waals surface area contributed by atoms with Crippen molar-refractivity contribution in [2.45, 2.75) is 18.6 Å². The average molecular weight is 450 g/mol. The van der Waals surface area contributed by atoms with Gasteiger partial charge in [0.15, 0.2) is 0 Å². The van der Waals surface area contributed by atoms with Crippen LogP contribution in [0.1, 0.15) is 6.42 Å².